The Hall–Kier alpha value is -1.15. The van der Waals surface area contributed by atoms with Gasteiger partial charge >= 0.3 is 0 Å². The largest absolute Gasteiger partial charge is 0.368 e. The molecule has 2 saturated heterocycles. The van der Waals surface area contributed by atoms with Crippen molar-refractivity contribution in [3.63, 3.8) is 0 Å². The molecule has 0 saturated carbocycles. The molecule has 2 amide bonds. The second-order valence-electron chi connectivity index (χ2n) is 5.63. The quantitative estimate of drug-likeness (QED) is 0.694. The molecule has 5 nitrogen and oxygen atoms in total. The van der Waals surface area contributed by atoms with Gasteiger partial charge in [-0.15, -0.1) is 0 Å². The molecule has 0 spiro atoms. The molecule has 118 valence electrons. The van der Waals surface area contributed by atoms with Gasteiger partial charge in [-0.25, -0.2) is 0 Å². The summed E-state index contributed by atoms with van der Waals surface area (Å²) < 4.78 is 6.50. The van der Waals surface area contributed by atoms with Crippen molar-refractivity contribution in [2.75, 3.05) is 32.8 Å². The molecule has 1 unspecified atom stereocenters. The predicted molar refractivity (Wildman–Crippen MR) is 90.6 cm³/mol. The summed E-state index contributed by atoms with van der Waals surface area (Å²) in [6, 6.07) is 7.60. The summed E-state index contributed by atoms with van der Waals surface area (Å²) in [6.07, 6.45) is 1.51. The van der Waals surface area contributed by atoms with Crippen LogP contribution in [0.25, 0.3) is 0 Å². The van der Waals surface area contributed by atoms with Crippen LogP contribution in [0.15, 0.2) is 24.3 Å². The molecule has 1 aromatic carbocycles. The van der Waals surface area contributed by atoms with Crippen molar-refractivity contribution in [2.24, 2.45) is 0 Å². The van der Waals surface area contributed by atoms with Crippen LogP contribution in [0.1, 0.15) is 23.2 Å². The number of nitrogens with zero attached hydrogens (tertiary/aromatic N) is 2. The third kappa shape index (κ3) is 3.43. The highest BCUT2D eigenvalue weighted by atomic mass is 127. The monoisotopic (exact) mass is 414 g/mol. The van der Waals surface area contributed by atoms with Crippen molar-refractivity contribution in [3.8, 4) is 0 Å². The number of ether oxygens (including phenoxy) is 1. The van der Waals surface area contributed by atoms with E-state index in [2.05, 4.69) is 22.6 Å². The standard InChI is InChI=1S/C16H19IN2O3/c17-13-4-1-3-12(11-13)15(20)18-6-8-19(9-7-18)16(21)14-5-2-10-22-14/h1,3-4,11,14H,2,5-10H2. The maximum atomic E-state index is 12.5. The van der Waals surface area contributed by atoms with Crippen LogP contribution in [-0.2, 0) is 9.53 Å². The van der Waals surface area contributed by atoms with Crippen LogP contribution in [0.2, 0.25) is 0 Å². The minimum atomic E-state index is -0.266. The molecule has 0 aromatic heterocycles. The van der Waals surface area contributed by atoms with Gasteiger partial charge in [0.25, 0.3) is 11.8 Å². The predicted octanol–water partition coefficient (Wildman–Crippen LogP) is 1.75. The Morgan fingerprint density at radius 2 is 1.86 bits per heavy atom. The number of carbonyl (C=O) groups excluding carboxylic acids is 2. The van der Waals surface area contributed by atoms with E-state index in [4.69, 9.17) is 4.74 Å². The van der Waals surface area contributed by atoms with Crippen molar-refractivity contribution >= 4 is 34.4 Å². The molecule has 3 rings (SSSR count). The highest BCUT2D eigenvalue weighted by molar-refractivity contribution is 14.1. The van der Waals surface area contributed by atoms with E-state index in [9.17, 15) is 9.59 Å². The van der Waals surface area contributed by atoms with E-state index in [1.807, 2.05) is 34.1 Å². The highest BCUT2D eigenvalue weighted by Crippen LogP contribution is 2.17. The number of halogens is 1. The van der Waals surface area contributed by atoms with Crippen LogP contribution in [0, 0.1) is 3.57 Å². The van der Waals surface area contributed by atoms with E-state index in [1.165, 1.54) is 0 Å². The zero-order chi connectivity index (χ0) is 15.5. The Labute approximate surface area is 143 Å². The molecule has 2 fully saturated rings. The SMILES string of the molecule is O=C(c1cccc(I)c1)N1CCN(C(=O)C2CCCO2)CC1. The zero-order valence-corrected chi connectivity index (χ0v) is 14.5. The van der Waals surface area contributed by atoms with Crippen molar-refractivity contribution in [3.05, 3.63) is 33.4 Å². The van der Waals surface area contributed by atoms with Gasteiger partial charge in [0.15, 0.2) is 0 Å². The number of piperazine rings is 1. The first-order chi connectivity index (χ1) is 10.6. The van der Waals surface area contributed by atoms with E-state index in [0.717, 1.165) is 16.4 Å². The fraction of sp³-hybridized carbons (Fsp3) is 0.500. The van der Waals surface area contributed by atoms with Crippen LogP contribution < -0.4 is 0 Å². The lowest BCUT2D eigenvalue weighted by molar-refractivity contribution is -0.142. The lowest BCUT2D eigenvalue weighted by Crippen LogP contribution is -2.52. The van der Waals surface area contributed by atoms with Gasteiger partial charge in [0.2, 0.25) is 0 Å². The Morgan fingerprint density at radius 3 is 2.50 bits per heavy atom. The number of carbonyl (C=O) groups is 2. The Balaban J connectivity index is 1.57. The van der Waals surface area contributed by atoms with E-state index >= 15 is 0 Å². The first-order valence-electron chi connectivity index (χ1n) is 7.60. The Morgan fingerprint density at radius 1 is 1.14 bits per heavy atom. The van der Waals surface area contributed by atoms with Crippen molar-refractivity contribution in [2.45, 2.75) is 18.9 Å². The Kier molecular flexibility index (Phi) is 4.97. The number of benzene rings is 1. The fourth-order valence-electron chi connectivity index (χ4n) is 2.91. The molecule has 0 radical (unpaired) electrons. The van der Waals surface area contributed by atoms with E-state index < -0.39 is 0 Å². The first-order valence-corrected chi connectivity index (χ1v) is 8.68. The van der Waals surface area contributed by atoms with Crippen molar-refractivity contribution in [1.29, 1.82) is 0 Å². The molecule has 1 aromatic rings. The van der Waals surface area contributed by atoms with E-state index in [-0.39, 0.29) is 17.9 Å². The molecule has 2 heterocycles. The highest BCUT2D eigenvalue weighted by Gasteiger charge is 2.31. The summed E-state index contributed by atoms with van der Waals surface area (Å²) in [5.74, 6) is 0.126. The van der Waals surface area contributed by atoms with Crippen molar-refractivity contribution in [1.82, 2.24) is 9.80 Å². The van der Waals surface area contributed by atoms with Gasteiger partial charge in [-0.3, -0.25) is 9.59 Å². The van der Waals surface area contributed by atoms with Gasteiger partial charge in [0.1, 0.15) is 6.10 Å². The summed E-state index contributed by atoms with van der Waals surface area (Å²) in [4.78, 5) is 28.4. The molecule has 22 heavy (non-hydrogen) atoms. The van der Waals surface area contributed by atoms with Gasteiger partial charge in [-0.05, 0) is 53.6 Å². The summed E-state index contributed by atoms with van der Waals surface area (Å²) >= 11 is 2.21. The molecule has 1 atom stereocenters. The smallest absolute Gasteiger partial charge is 0.254 e. The van der Waals surface area contributed by atoms with Gasteiger partial charge in [0, 0.05) is 41.9 Å². The molecule has 2 aliphatic rings. The van der Waals surface area contributed by atoms with Gasteiger partial charge < -0.3 is 14.5 Å². The fourth-order valence-corrected chi connectivity index (χ4v) is 3.45. The summed E-state index contributed by atoms with van der Waals surface area (Å²) in [6.45, 7) is 3.04. The Bertz CT molecular complexity index is 564. The molecular weight excluding hydrogens is 395 g/mol. The number of hydrogen-bond acceptors (Lipinski definition) is 3. The lowest BCUT2D eigenvalue weighted by Gasteiger charge is -2.35. The minimum absolute atomic E-state index is 0.0442. The van der Waals surface area contributed by atoms with Crippen LogP contribution in [0.4, 0.5) is 0 Å². The molecule has 0 N–H and O–H groups in total. The number of amides is 2. The van der Waals surface area contributed by atoms with Crippen LogP contribution in [0.5, 0.6) is 0 Å². The minimum Gasteiger partial charge on any atom is -0.368 e. The molecule has 6 heteroatoms. The van der Waals surface area contributed by atoms with Crippen molar-refractivity contribution < 1.29 is 14.3 Å². The summed E-state index contributed by atoms with van der Waals surface area (Å²) in [5, 5.41) is 0. The molecular formula is C16H19IN2O3. The van der Waals surface area contributed by atoms with Gasteiger partial charge in [0.05, 0.1) is 0 Å². The second kappa shape index (κ2) is 6.95. The first kappa shape index (κ1) is 15.7. The maximum Gasteiger partial charge on any atom is 0.254 e. The van der Waals surface area contributed by atoms with E-state index in [0.29, 0.717) is 38.3 Å². The van der Waals surface area contributed by atoms with Crippen LogP contribution in [0.3, 0.4) is 0 Å². The second-order valence-corrected chi connectivity index (χ2v) is 6.88. The lowest BCUT2D eigenvalue weighted by atomic mass is 10.1. The third-order valence-corrected chi connectivity index (χ3v) is 4.83. The average Bonchev–Trinajstić information content (AvgIpc) is 3.08. The number of hydrogen-bond donors (Lipinski definition) is 0. The molecule has 2 aliphatic heterocycles. The normalized spacial score (nSPS) is 22.0. The molecule has 0 bridgehead atoms. The van der Waals surface area contributed by atoms with E-state index in [1.54, 1.807) is 0 Å². The van der Waals surface area contributed by atoms with Gasteiger partial charge in [-0.2, -0.15) is 0 Å². The topological polar surface area (TPSA) is 49.9 Å². The van der Waals surface area contributed by atoms with Crippen LogP contribution >= 0.6 is 22.6 Å². The zero-order valence-electron chi connectivity index (χ0n) is 12.3. The van der Waals surface area contributed by atoms with Gasteiger partial charge in [-0.1, -0.05) is 6.07 Å². The average molecular weight is 414 g/mol. The summed E-state index contributed by atoms with van der Waals surface area (Å²) in [7, 11) is 0. The third-order valence-electron chi connectivity index (χ3n) is 4.16. The van der Waals surface area contributed by atoms with Crippen LogP contribution in [-0.4, -0.2) is 60.5 Å². The summed E-state index contributed by atoms with van der Waals surface area (Å²) in [5.41, 5.74) is 0.714. The number of rotatable bonds is 2. The maximum absolute atomic E-state index is 12.5. The molecule has 0 aliphatic carbocycles.